The van der Waals surface area contributed by atoms with Crippen LogP contribution < -0.4 is 9.47 Å². The maximum absolute atomic E-state index is 13.2. The van der Waals surface area contributed by atoms with E-state index in [4.69, 9.17) is 21.1 Å². The number of ether oxygens (including phenoxy) is 2. The highest BCUT2D eigenvalue weighted by molar-refractivity contribution is 6.31. The minimum absolute atomic E-state index is 0.0187. The van der Waals surface area contributed by atoms with Crippen LogP contribution in [0.5, 0.6) is 17.2 Å². The van der Waals surface area contributed by atoms with Crippen molar-refractivity contribution in [3.8, 4) is 28.5 Å². The summed E-state index contributed by atoms with van der Waals surface area (Å²) in [5.74, 6) is 0.956. The number of halogens is 1. The van der Waals surface area contributed by atoms with E-state index >= 15 is 0 Å². The standard InChI is InChI=1S/C25H24ClN3O4/c1-4-11-29-24(15-7-10-19(33-12-5-2)20(13-15)32-6-3)21-22(27-28-23(21)25(29)31)17-14-16(26)8-9-18(17)30/h4-5,7-10,13-14,24,30H,1-2,6,11-12H2,3H3,(H,27,28). The number of carbonyl (C=O) groups excluding carboxylic acids is 1. The molecule has 0 radical (unpaired) electrons. The highest BCUT2D eigenvalue weighted by Gasteiger charge is 2.42. The number of nitrogens with one attached hydrogen (secondary N) is 1. The average Bonchev–Trinajstić information content (AvgIpc) is 3.34. The van der Waals surface area contributed by atoms with Gasteiger partial charge in [0.1, 0.15) is 23.7 Å². The Morgan fingerprint density at radius 3 is 2.73 bits per heavy atom. The molecule has 8 heteroatoms. The molecule has 170 valence electrons. The zero-order valence-corrected chi connectivity index (χ0v) is 18.9. The number of H-pyrrole nitrogens is 1. The van der Waals surface area contributed by atoms with Crippen LogP contribution in [0.15, 0.2) is 61.7 Å². The van der Waals surface area contributed by atoms with E-state index < -0.39 is 6.04 Å². The van der Waals surface area contributed by atoms with E-state index in [0.29, 0.717) is 58.8 Å². The highest BCUT2D eigenvalue weighted by Crippen LogP contribution is 2.46. The van der Waals surface area contributed by atoms with Gasteiger partial charge in [-0.3, -0.25) is 9.89 Å². The summed E-state index contributed by atoms with van der Waals surface area (Å²) in [6.45, 7) is 10.5. The first-order chi connectivity index (χ1) is 16.0. The summed E-state index contributed by atoms with van der Waals surface area (Å²) in [5, 5.41) is 18.2. The summed E-state index contributed by atoms with van der Waals surface area (Å²) in [7, 11) is 0. The molecule has 1 aromatic heterocycles. The van der Waals surface area contributed by atoms with Gasteiger partial charge in [0, 0.05) is 22.7 Å². The summed E-state index contributed by atoms with van der Waals surface area (Å²) in [6, 6.07) is 9.81. The lowest BCUT2D eigenvalue weighted by molar-refractivity contribution is 0.0764. The van der Waals surface area contributed by atoms with Gasteiger partial charge in [0.25, 0.3) is 5.91 Å². The van der Waals surface area contributed by atoms with Gasteiger partial charge in [0.05, 0.1) is 12.6 Å². The monoisotopic (exact) mass is 465 g/mol. The molecule has 1 unspecified atom stereocenters. The van der Waals surface area contributed by atoms with Crippen molar-refractivity contribution >= 4 is 17.5 Å². The minimum atomic E-state index is -0.481. The van der Waals surface area contributed by atoms with Gasteiger partial charge in [-0.15, -0.1) is 6.58 Å². The van der Waals surface area contributed by atoms with Gasteiger partial charge in [-0.2, -0.15) is 5.10 Å². The average molecular weight is 466 g/mol. The molecule has 7 nitrogen and oxygen atoms in total. The quantitative estimate of drug-likeness (QED) is 0.428. The highest BCUT2D eigenvalue weighted by atomic mass is 35.5. The van der Waals surface area contributed by atoms with Crippen LogP contribution in [0.3, 0.4) is 0 Å². The second-order valence-electron chi connectivity index (χ2n) is 7.41. The molecule has 1 aliphatic heterocycles. The van der Waals surface area contributed by atoms with Gasteiger partial charge >= 0.3 is 0 Å². The molecule has 1 amide bonds. The summed E-state index contributed by atoms with van der Waals surface area (Å²) >= 11 is 6.18. The summed E-state index contributed by atoms with van der Waals surface area (Å²) in [4.78, 5) is 14.9. The van der Waals surface area contributed by atoms with E-state index in [1.165, 1.54) is 6.07 Å². The van der Waals surface area contributed by atoms with Crippen molar-refractivity contribution in [2.45, 2.75) is 13.0 Å². The maximum atomic E-state index is 13.2. The molecule has 0 bridgehead atoms. The number of hydrogen-bond donors (Lipinski definition) is 2. The van der Waals surface area contributed by atoms with Gasteiger partial charge < -0.3 is 19.5 Å². The van der Waals surface area contributed by atoms with E-state index in [2.05, 4.69) is 23.4 Å². The first-order valence-corrected chi connectivity index (χ1v) is 10.9. The van der Waals surface area contributed by atoms with Crippen LogP contribution in [0.4, 0.5) is 0 Å². The second kappa shape index (κ2) is 9.42. The number of fused-ring (bicyclic) bond motifs is 1. The number of nitrogens with zero attached hydrogens (tertiary/aromatic N) is 2. The summed E-state index contributed by atoms with van der Waals surface area (Å²) in [5.41, 5.74) is 2.72. The predicted octanol–water partition coefficient (Wildman–Crippen LogP) is 5.13. The first-order valence-electron chi connectivity index (χ1n) is 10.5. The molecule has 0 saturated carbocycles. The SMILES string of the molecule is C=CCOc1ccc(C2c3c(-c4cc(Cl)ccc4O)n[nH]c3C(=O)N2CC=C)cc1OCC. The van der Waals surface area contributed by atoms with E-state index in [1.54, 1.807) is 29.2 Å². The molecule has 0 aliphatic carbocycles. The van der Waals surface area contributed by atoms with Crippen molar-refractivity contribution in [3.05, 3.63) is 83.6 Å². The fourth-order valence-corrected chi connectivity index (χ4v) is 4.18. The van der Waals surface area contributed by atoms with Crippen molar-refractivity contribution in [1.82, 2.24) is 15.1 Å². The number of hydrogen-bond acceptors (Lipinski definition) is 5. The number of carbonyl (C=O) groups is 1. The first kappa shape index (κ1) is 22.5. The molecule has 0 fully saturated rings. The Bertz CT molecular complexity index is 1220. The Balaban J connectivity index is 1.88. The molecule has 1 aliphatic rings. The minimum Gasteiger partial charge on any atom is -0.507 e. The van der Waals surface area contributed by atoms with Crippen molar-refractivity contribution in [3.63, 3.8) is 0 Å². The molecule has 0 saturated heterocycles. The Morgan fingerprint density at radius 1 is 1.18 bits per heavy atom. The van der Waals surface area contributed by atoms with Crippen molar-refractivity contribution in [2.24, 2.45) is 0 Å². The van der Waals surface area contributed by atoms with Crippen molar-refractivity contribution in [1.29, 1.82) is 0 Å². The van der Waals surface area contributed by atoms with Gasteiger partial charge in [-0.05, 0) is 42.8 Å². The molecule has 1 atom stereocenters. The largest absolute Gasteiger partial charge is 0.507 e. The molecule has 33 heavy (non-hydrogen) atoms. The fraction of sp³-hybridized carbons (Fsp3) is 0.200. The lowest BCUT2D eigenvalue weighted by Crippen LogP contribution is -2.29. The maximum Gasteiger partial charge on any atom is 0.273 e. The van der Waals surface area contributed by atoms with Crippen LogP contribution >= 0.6 is 11.6 Å². The van der Waals surface area contributed by atoms with E-state index in [0.717, 1.165) is 5.56 Å². The Hall–Kier alpha value is -3.71. The molecular weight excluding hydrogens is 442 g/mol. The lowest BCUT2D eigenvalue weighted by Gasteiger charge is -2.26. The number of phenols is 1. The van der Waals surface area contributed by atoms with Gasteiger partial charge in [-0.1, -0.05) is 36.4 Å². The number of rotatable bonds is 9. The van der Waals surface area contributed by atoms with E-state index in [-0.39, 0.29) is 11.7 Å². The van der Waals surface area contributed by atoms with Gasteiger partial charge in [-0.25, -0.2) is 0 Å². The number of aromatic hydroxyl groups is 1. The Kier molecular flexibility index (Phi) is 6.42. The van der Waals surface area contributed by atoms with Crippen LogP contribution in [0.25, 0.3) is 11.3 Å². The van der Waals surface area contributed by atoms with Crippen molar-refractivity contribution in [2.75, 3.05) is 19.8 Å². The second-order valence-corrected chi connectivity index (χ2v) is 7.85. The van der Waals surface area contributed by atoms with Crippen LogP contribution in [-0.4, -0.2) is 45.9 Å². The molecule has 4 rings (SSSR count). The Labute approximate surface area is 196 Å². The molecule has 2 aromatic carbocycles. The molecule has 2 heterocycles. The molecule has 0 spiro atoms. The van der Waals surface area contributed by atoms with E-state index in [9.17, 15) is 9.90 Å². The third-order valence-electron chi connectivity index (χ3n) is 5.34. The van der Waals surface area contributed by atoms with Crippen LogP contribution in [0.1, 0.15) is 34.6 Å². The number of aromatic nitrogens is 2. The van der Waals surface area contributed by atoms with Crippen LogP contribution in [0, 0.1) is 0 Å². The predicted molar refractivity (Wildman–Crippen MR) is 127 cm³/mol. The topological polar surface area (TPSA) is 87.7 Å². The van der Waals surface area contributed by atoms with E-state index in [1.807, 2.05) is 25.1 Å². The number of benzene rings is 2. The molecule has 2 N–H and O–H groups in total. The Morgan fingerprint density at radius 2 is 2.00 bits per heavy atom. The fourth-order valence-electron chi connectivity index (χ4n) is 4.00. The van der Waals surface area contributed by atoms with Crippen molar-refractivity contribution < 1.29 is 19.4 Å². The number of amides is 1. The van der Waals surface area contributed by atoms with Gasteiger partial charge in [0.15, 0.2) is 11.5 Å². The molecular formula is C25H24ClN3O4. The third kappa shape index (κ3) is 4.07. The third-order valence-corrected chi connectivity index (χ3v) is 5.58. The summed E-state index contributed by atoms with van der Waals surface area (Å²) in [6.07, 6.45) is 3.33. The van der Waals surface area contributed by atoms with Gasteiger partial charge in [0.2, 0.25) is 0 Å². The smallest absolute Gasteiger partial charge is 0.273 e. The molecule has 3 aromatic rings. The van der Waals surface area contributed by atoms with Crippen LogP contribution in [-0.2, 0) is 0 Å². The normalized spacial score (nSPS) is 14.8. The van der Waals surface area contributed by atoms with Crippen LogP contribution in [0.2, 0.25) is 5.02 Å². The zero-order chi connectivity index (χ0) is 23.5. The zero-order valence-electron chi connectivity index (χ0n) is 18.2. The number of aromatic amines is 1. The number of phenolic OH excluding ortho intramolecular Hbond substituents is 1. The summed E-state index contributed by atoms with van der Waals surface area (Å²) < 4.78 is 11.5. The lowest BCUT2D eigenvalue weighted by atomic mass is 9.95.